The van der Waals surface area contributed by atoms with E-state index in [-0.39, 0.29) is 5.56 Å². The van der Waals surface area contributed by atoms with Gasteiger partial charge >= 0.3 is 0 Å². The van der Waals surface area contributed by atoms with Crippen molar-refractivity contribution in [3.8, 4) is 0 Å². The van der Waals surface area contributed by atoms with E-state index in [9.17, 15) is 9.90 Å². The third-order valence-corrected chi connectivity index (χ3v) is 5.02. The van der Waals surface area contributed by atoms with Gasteiger partial charge in [0, 0.05) is 17.2 Å². The summed E-state index contributed by atoms with van der Waals surface area (Å²) in [5.74, 6) is 0.325. The van der Waals surface area contributed by atoms with E-state index in [0.717, 1.165) is 34.7 Å². The first-order valence-electron chi connectivity index (χ1n) is 8.19. The molecule has 0 saturated heterocycles. The van der Waals surface area contributed by atoms with Crippen molar-refractivity contribution in [3.05, 3.63) is 68.8 Å². The first-order valence-corrected chi connectivity index (χ1v) is 8.19. The van der Waals surface area contributed by atoms with Crippen LogP contribution in [-0.2, 0) is 6.54 Å². The maximum absolute atomic E-state index is 12.7. The number of aliphatic imine (C=N–C) groups is 1. The van der Waals surface area contributed by atoms with Gasteiger partial charge in [-0.2, -0.15) is 0 Å². The summed E-state index contributed by atoms with van der Waals surface area (Å²) < 4.78 is 1.79. The minimum Gasteiger partial charge on any atom is -0.388 e. The van der Waals surface area contributed by atoms with Crippen LogP contribution in [0.5, 0.6) is 0 Å². The number of fused-ring (bicyclic) bond motifs is 4. The molecule has 1 aliphatic carbocycles. The van der Waals surface area contributed by atoms with Crippen LogP contribution < -0.4 is 5.56 Å². The van der Waals surface area contributed by atoms with E-state index in [2.05, 4.69) is 12.2 Å². The Kier molecular flexibility index (Phi) is 3.23. The molecule has 0 aromatic carbocycles. The highest BCUT2D eigenvalue weighted by atomic mass is 16.3. The Morgan fingerprint density at radius 1 is 1.48 bits per heavy atom. The summed E-state index contributed by atoms with van der Waals surface area (Å²) in [6.07, 6.45) is 9.45. The number of dihydropyridines is 1. The zero-order valence-corrected chi connectivity index (χ0v) is 13.4. The Hall–Kier alpha value is -2.20. The molecule has 0 radical (unpaired) electrons. The zero-order chi connectivity index (χ0) is 16.1. The summed E-state index contributed by atoms with van der Waals surface area (Å²) >= 11 is 0. The predicted molar refractivity (Wildman–Crippen MR) is 90.6 cm³/mol. The SMILES string of the molecule is CCC(O)c1cc2n(c(=O)c1C)CC1=CC3CC=CC=C3N=C12. The monoisotopic (exact) mass is 308 g/mol. The van der Waals surface area contributed by atoms with Gasteiger partial charge in [0.05, 0.1) is 24.1 Å². The normalized spacial score (nSPS) is 22.6. The molecule has 0 bridgehead atoms. The average Bonchev–Trinajstić information content (AvgIpc) is 2.93. The number of pyridine rings is 1. The molecule has 0 amide bonds. The number of allylic oxidation sites excluding steroid dienone is 5. The molecule has 1 N–H and O–H groups in total. The fraction of sp³-hybridized carbons (Fsp3) is 0.368. The van der Waals surface area contributed by atoms with E-state index in [1.807, 2.05) is 25.1 Å². The first kappa shape index (κ1) is 14.4. The number of nitrogens with zero attached hydrogens (tertiary/aromatic N) is 2. The fourth-order valence-electron chi connectivity index (χ4n) is 3.64. The third kappa shape index (κ3) is 2.09. The zero-order valence-electron chi connectivity index (χ0n) is 13.4. The third-order valence-electron chi connectivity index (χ3n) is 5.02. The summed E-state index contributed by atoms with van der Waals surface area (Å²) in [5.41, 5.74) is 5.27. The van der Waals surface area contributed by atoms with Gasteiger partial charge in [-0.05, 0) is 43.0 Å². The van der Waals surface area contributed by atoms with Crippen molar-refractivity contribution in [2.45, 2.75) is 39.3 Å². The highest BCUT2D eigenvalue weighted by Crippen LogP contribution is 2.34. The van der Waals surface area contributed by atoms with Gasteiger partial charge in [0.2, 0.25) is 0 Å². The van der Waals surface area contributed by atoms with E-state index in [1.54, 1.807) is 11.5 Å². The molecule has 3 aliphatic rings. The lowest BCUT2D eigenvalue weighted by atomic mass is 9.90. The van der Waals surface area contributed by atoms with Crippen LogP contribution in [0.4, 0.5) is 0 Å². The van der Waals surface area contributed by atoms with Crippen molar-refractivity contribution in [2.24, 2.45) is 10.9 Å². The largest absolute Gasteiger partial charge is 0.388 e. The first-order chi connectivity index (χ1) is 11.1. The van der Waals surface area contributed by atoms with Crippen molar-refractivity contribution in [3.63, 3.8) is 0 Å². The van der Waals surface area contributed by atoms with Crippen LogP contribution in [0.25, 0.3) is 0 Å². The van der Waals surface area contributed by atoms with Gasteiger partial charge in [-0.15, -0.1) is 0 Å². The second kappa shape index (κ2) is 5.17. The lowest BCUT2D eigenvalue weighted by Crippen LogP contribution is -2.24. The maximum Gasteiger partial charge on any atom is 0.254 e. The van der Waals surface area contributed by atoms with E-state index in [1.165, 1.54) is 0 Å². The van der Waals surface area contributed by atoms with Crippen molar-refractivity contribution >= 4 is 5.71 Å². The van der Waals surface area contributed by atoms with Gasteiger partial charge in [0.15, 0.2) is 0 Å². The number of rotatable bonds is 2. The molecular formula is C19H20N2O2. The lowest BCUT2D eigenvalue weighted by Gasteiger charge is -2.20. The highest BCUT2D eigenvalue weighted by Gasteiger charge is 2.31. The second-order valence-corrected chi connectivity index (χ2v) is 6.44. The molecule has 4 rings (SSSR count). The summed E-state index contributed by atoms with van der Waals surface area (Å²) in [5, 5.41) is 10.2. The van der Waals surface area contributed by atoms with Crippen LogP contribution in [0.15, 0.2) is 51.4 Å². The maximum atomic E-state index is 12.7. The standard InChI is InChI=1S/C19H20N2O2/c1-3-17(22)14-9-16-18-13(10-21(16)19(23)11(14)2)8-12-6-4-5-7-15(12)20-18/h4-5,7-9,12,17,22H,3,6,10H2,1-2H3. The number of hydrogen-bond acceptors (Lipinski definition) is 3. The molecule has 4 nitrogen and oxygen atoms in total. The molecule has 4 heteroatoms. The van der Waals surface area contributed by atoms with Crippen molar-refractivity contribution < 1.29 is 5.11 Å². The summed E-state index contributed by atoms with van der Waals surface area (Å²) in [7, 11) is 0. The second-order valence-electron chi connectivity index (χ2n) is 6.44. The van der Waals surface area contributed by atoms with Crippen molar-refractivity contribution in [2.75, 3.05) is 0 Å². The van der Waals surface area contributed by atoms with E-state index in [0.29, 0.717) is 24.4 Å². The molecule has 118 valence electrons. The van der Waals surface area contributed by atoms with Gasteiger partial charge in [-0.25, -0.2) is 0 Å². The van der Waals surface area contributed by atoms with Crippen molar-refractivity contribution in [1.82, 2.24) is 4.57 Å². The molecule has 2 unspecified atom stereocenters. The van der Waals surface area contributed by atoms with Crippen LogP contribution in [-0.4, -0.2) is 15.4 Å². The predicted octanol–water partition coefficient (Wildman–Crippen LogP) is 2.80. The van der Waals surface area contributed by atoms with E-state index >= 15 is 0 Å². The molecule has 2 aliphatic heterocycles. The molecule has 2 atom stereocenters. The lowest BCUT2D eigenvalue weighted by molar-refractivity contribution is 0.172. The van der Waals surface area contributed by atoms with Crippen LogP contribution in [0, 0.1) is 12.8 Å². The Morgan fingerprint density at radius 3 is 3.09 bits per heavy atom. The van der Waals surface area contributed by atoms with Gasteiger partial charge in [-0.1, -0.05) is 25.2 Å². The minimum absolute atomic E-state index is 0.0157. The smallest absolute Gasteiger partial charge is 0.254 e. The molecular weight excluding hydrogens is 288 g/mol. The van der Waals surface area contributed by atoms with Gasteiger partial charge in [0.1, 0.15) is 0 Å². The fourth-order valence-corrected chi connectivity index (χ4v) is 3.64. The molecule has 0 fully saturated rings. The Balaban J connectivity index is 1.91. The van der Waals surface area contributed by atoms with Crippen molar-refractivity contribution in [1.29, 1.82) is 0 Å². The van der Waals surface area contributed by atoms with Gasteiger partial charge < -0.3 is 9.67 Å². The van der Waals surface area contributed by atoms with Gasteiger partial charge in [-0.3, -0.25) is 9.79 Å². The van der Waals surface area contributed by atoms with E-state index < -0.39 is 6.10 Å². The van der Waals surface area contributed by atoms with Crippen LogP contribution in [0.2, 0.25) is 0 Å². The molecule has 3 heterocycles. The molecule has 0 spiro atoms. The topological polar surface area (TPSA) is 54.6 Å². The Bertz CT molecular complexity index is 868. The number of aliphatic hydroxyl groups excluding tert-OH is 1. The quantitative estimate of drug-likeness (QED) is 0.913. The Labute approximate surface area is 135 Å². The molecule has 0 saturated carbocycles. The van der Waals surface area contributed by atoms with E-state index in [4.69, 9.17) is 4.99 Å². The average molecular weight is 308 g/mol. The molecule has 1 aromatic rings. The Morgan fingerprint density at radius 2 is 2.30 bits per heavy atom. The summed E-state index contributed by atoms with van der Waals surface area (Å²) in [6, 6.07) is 1.95. The number of hydrogen-bond donors (Lipinski definition) is 1. The van der Waals surface area contributed by atoms with Crippen LogP contribution in [0.1, 0.15) is 42.7 Å². The van der Waals surface area contributed by atoms with Gasteiger partial charge in [0.25, 0.3) is 5.56 Å². The summed E-state index contributed by atoms with van der Waals surface area (Å²) in [6.45, 7) is 4.31. The van der Waals surface area contributed by atoms with Crippen LogP contribution in [0.3, 0.4) is 0 Å². The van der Waals surface area contributed by atoms with Crippen LogP contribution >= 0.6 is 0 Å². The number of aromatic nitrogens is 1. The minimum atomic E-state index is -0.601. The molecule has 23 heavy (non-hydrogen) atoms. The molecule has 1 aromatic heterocycles. The number of aliphatic hydroxyl groups is 1. The highest BCUT2D eigenvalue weighted by molar-refractivity contribution is 6.14. The summed E-state index contributed by atoms with van der Waals surface area (Å²) in [4.78, 5) is 17.5.